The first-order valence-electron chi connectivity index (χ1n) is 7.18. The van der Waals surface area contributed by atoms with Crippen LogP contribution in [0.2, 0.25) is 0 Å². The highest BCUT2D eigenvalue weighted by atomic mass is 19.3. The quantitative estimate of drug-likeness (QED) is 0.852. The van der Waals surface area contributed by atoms with Crippen LogP contribution in [0.1, 0.15) is 28.8 Å². The van der Waals surface area contributed by atoms with Gasteiger partial charge in [0.05, 0.1) is 17.5 Å². The molecule has 0 bridgehead atoms. The van der Waals surface area contributed by atoms with Crippen molar-refractivity contribution in [3.63, 3.8) is 0 Å². The first-order chi connectivity index (χ1) is 10.3. The third-order valence-corrected chi connectivity index (χ3v) is 4.29. The second-order valence-corrected chi connectivity index (χ2v) is 6.23. The zero-order valence-electron chi connectivity index (χ0n) is 12.2. The van der Waals surface area contributed by atoms with E-state index in [-0.39, 0.29) is 18.0 Å². The van der Waals surface area contributed by atoms with Gasteiger partial charge < -0.3 is 10.2 Å². The molecule has 1 aromatic heterocycles. The summed E-state index contributed by atoms with van der Waals surface area (Å²) in [6.07, 6.45) is 2.79. The maximum atomic E-state index is 14.1. The van der Waals surface area contributed by atoms with Crippen LogP contribution in [0.25, 0.3) is 0 Å². The SMILES string of the molecule is Cc1cncc(C(=O)N2CC(F)(F)C[C@]3(CCNC3=O)C2)c1. The van der Waals surface area contributed by atoms with Gasteiger partial charge >= 0.3 is 0 Å². The maximum Gasteiger partial charge on any atom is 0.266 e. The molecule has 0 unspecified atom stereocenters. The summed E-state index contributed by atoms with van der Waals surface area (Å²) in [4.78, 5) is 29.5. The predicted octanol–water partition coefficient (Wildman–Crippen LogP) is 1.38. The standard InChI is InChI=1S/C15H17F2N3O2/c1-10-4-11(6-18-5-10)12(21)20-8-14(2-3-19-13(14)22)7-15(16,17)9-20/h4-6H,2-3,7-9H2,1H3,(H,19,22)/t14-/m1/s1. The highest BCUT2D eigenvalue weighted by Gasteiger charge is 2.55. The summed E-state index contributed by atoms with van der Waals surface area (Å²) in [5.41, 5.74) is -0.122. The summed E-state index contributed by atoms with van der Waals surface area (Å²) in [6, 6.07) is 1.61. The number of aromatic nitrogens is 1. The molecule has 0 aromatic carbocycles. The van der Waals surface area contributed by atoms with Crippen molar-refractivity contribution in [1.82, 2.24) is 15.2 Å². The smallest absolute Gasteiger partial charge is 0.266 e. The Bertz CT molecular complexity index is 635. The zero-order valence-corrected chi connectivity index (χ0v) is 12.2. The van der Waals surface area contributed by atoms with Crippen molar-refractivity contribution in [1.29, 1.82) is 0 Å². The van der Waals surface area contributed by atoms with Crippen molar-refractivity contribution in [2.45, 2.75) is 25.7 Å². The summed E-state index contributed by atoms with van der Waals surface area (Å²) < 4.78 is 28.2. The number of halogens is 2. The molecule has 118 valence electrons. The Hall–Kier alpha value is -2.05. The van der Waals surface area contributed by atoms with E-state index in [0.29, 0.717) is 13.0 Å². The molecule has 3 rings (SSSR count). The van der Waals surface area contributed by atoms with Gasteiger partial charge in [-0.05, 0) is 25.0 Å². The summed E-state index contributed by atoms with van der Waals surface area (Å²) in [6.45, 7) is 1.53. The highest BCUT2D eigenvalue weighted by molar-refractivity contribution is 5.95. The van der Waals surface area contributed by atoms with E-state index >= 15 is 0 Å². The van der Waals surface area contributed by atoms with E-state index in [1.165, 1.54) is 6.20 Å². The number of nitrogens with zero attached hydrogens (tertiary/aromatic N) is 2. The van der Waals surface area contributed by atoms with Gasteiger partial charge in [0.15, 0.2) is 0 Å². The van der Waals surface area contributed by atoms with Crippen molar-refractivity contribution in [2.24, 2.45) is 5.41 Å². The Morgan fingerprint density at radius 2 is 2.14 bits per heavy atom. The number of pyridine rings is 1. The van der Waals surface area contributed by atoms with Gasteiger partial charge in [-0.2, -0.15) is 0 Å². The number of carbonyl (C=O) groups excluding carboxylic acids is 2. The molecule has 2 aliphatic rings. The lowest BCUT2D eigenvalue weighted by Gasteiger charge is -2.42. The van der Waals surface area contributed by atoms with Gasteiger partial charge in [-0.1, -0.05) is 0 Å². The van der Waals surface area contributed by atoms with Crippen molar-refractivity contribution < 1.29 is 18.4 Å². The van der Waals surface area contributed by atoms with Gasteiger partial charge in [0, 0.05) is 31.9 Å². The molecule has 1 N–H and O–H groups in total. The average molecular weight is 309 g/mol. The van der Waals surface area contributed by atoms with E-state index in [1.54, 1.807) is 19.2 Å². The Kier molecular flexibility index (Phi) is 3.38. The molecule has 2 saturated heterocycles. The summed E-state index contributed by atoms with van der Waals surface area (Å²) in [7, 11) is 0. The van der Waals surface area contributed by atoms with Crippen molar-refractivity contribution in [3.05, 3.63) is 29.6 Å². The molecule has 2 fully saturated rings. The minimum absolute atomic E-state index is 0.0290. The van der Waals surface area contributed by atoms with Crippen LogP contribution in [0.3, 0.4) is 0 Å². The van der Waals surface area contributed by atoms with Crippen LogP contribution < -0.4 is 5.32 Å². The number of carbonyl (C=O) groups is 2. The van der Waals surface area contributed by atoms with Gasteiger partial charge in [0.2, 0.25) is 5.91 Å². The van der Waals surface area contributed by atoms with E-state index < -0.39 is 30.2 Å². The molecular formula is C15H17F2N3O2. The summed E-state index contributed by atoms with van der Waals surface area (Å²) in [5.74, 6) is -3.95. The van der Waals surface area contributed by atoms with Gasteiger partial charge in [-0.25, -0.2) is 8.78 Å². The fourth-order valence-electron chi connectivity index (χ4n) is 3.34. The Morgan fingerprint density at radius 3 is 2.77 bits per heavy atom. The van der Waals surface area contributed by atoms with Gasteiger partial charge in [0.1, 0.15) is 0 Å². The molecule has 1 aromatic rings. The van der Waals surface area contributed by atoms with E-state index in [0.717, 1.165) is 10.5 Å². The lowest BCUT2D eigenvalue weighted by molar-refractivity contribution is -0.144. The van der Waals surface area contributed by atoms with Crippen molar-refractivity contribution >= 4 is 11.8 Å². The molecule has 2 amide bonds. The highest BCUT2D eigenvalue weighted by Crippen LogP contribution is 2.43. The van der Waals surface area contributed by atoms with Crippen molar-refractivity contribution in [2.75, 3.05) is 19.6 Å². The van der Waals surface area contributed by atoms with Gasteiger partial charge in [-0.15, -0.1) is 0 Å². The third kappa shape index (κ3) is 2.55. The molecule has 0 aliphatic carbocycles. The number of hydrogen-bond donors (Lipinski definition) is 1. The maximum absolute atomic E-state index is 14.1. The number of hydrogen-bond acceptors (Lipinski definition) is 3. The Morgan fingerprint density at radius 1 is 1.36 bits per heavy atom. The number of likely N-dealkylation sites (tertiary alicyclic amines) is 1. The lowest BCUT2D eigenvalue weighted by Crippen LogP contribution is -2.56. The first-order valence-corrected chi connectivity index (χ1v) is 7.18. The largest absolute Gasteiger partial charge is 0.356 e. The molecule has 1 spiro atoms. The predicted molar refractivity (Wildman–Crippen MR) is 74.5 cm³/mol. The van der Waals surface area contributed by atoms with Crippen LogP contribution in [0.15, 0.2) is 18.5 Å². The first kappa shape index (κ1) is 14.9. The van der Waals surface area contributed by atoms with E-state index in [1.807, 2.05) is 0 Å². The zero-order chi connectivity index (χ0) is 16.0. The molecule has 0 radical (unpaired) electrons. The molecule has 1 atom stereocenters. The van der Waals surface area contributed by atoms with Gasteiger partial charge in [-0.3, -0.25) is 14.6 Å². The van der Waals surface area contributed by atoms with Crippen LogP contribution in [0, 0.1) is 12.3 Å². The van der Waals surface area contributed by atoms with Crippen LogP contribution in [0.4, 0.5) is 8.78 Å². The average Bonchev–Trinajstić information content (AvgIpc) is 2.76. The van der Waals surface area contributed by atoms with E-state index in [4.69, 9.17) is 0 Å². The molecule has 22 heavy (non-hydrogen) atoms. The summed E-state index contributed by atoms with van der Waals surface area (Å²) in [5, 5.41) is 2.60. The van der Waals surface area contributed by atoms with Crippen LogP contribution >= 0.6 is 0 Å². The molecule has 2 aliphatic heterocycles. The number of rotatable bonds is 1. The second-order valence-electron chi connectivity index (χ2n) is 6.23. The minimum Gasteiger partial charge on any atom is -0.356 e. The summed E-state index contributed by atoms with van der Waals surface area (Å²) >= 11 is 0. The normalized spacial score (nSPS) is 27.0. The number of piperidine rings is 1. The van der Waals surface area contributed by atoms with Gasteiger partial charge in [0.25, 0.3) is 11.8 Å². The monoisotopic (exact) mass is 309 g/mol. The number of aryl methyl sites for hydroxylation is 1. The molecule has 7 heteroatoms. The van der Waals surface area contributed by atoms with E-state index in [2.05, 4.69) is 10.3 Å². The number of nitrogens with one attached hydrogen (secondary N) is 1. The minimum atomic E-state index is -3.06. The molecule has 5 nitrogen and oxygen atoms in total. The second kappa shape index (κ2) is 5.00. The number of amides is 2. The molecular weight excluding hydrogens is 292 g/mol. The molecule has 0 saturated carbocycles. The van der Waals surface area contributed by atoms with Crippen LogP contribution in [-0.4, -0.2) is 47.3 Å². The van der Waals surface area contributed by atoms with Crippen LogP contribution in [-0.2, 0) is 4.79 Å². The molecule has 3 heterocycles. The van der Waals surface area contributed by atoms with Crippen LogP contribution in [0.5, 0.6) is 0 Å². The number of alkyl halides is 2. The fraction of sp³-hybridized carbons (Fsp3) is 0.533. The van der Waals surface area contributed by atoms with Crippen molar-refractivity contribution in [3.8, 4) is 0 Å². The third-order valence-electron chi connectivity index (χ3n) is 4.29. The lowest BCUT2D eigenvalue weighted by atomic mass is 9.77. The Labute approximate surface area is 126 Å². The fourth-order valence-corrected chi connectivity index (χ4v) is 3.34. The Balaban J connectivity index is 1.90. The topological polar surface area (TPSA) is 62.3 Å². The van der Waals surface area contributed by atoms with E-state index in [9.17, 15) is 18.4 Å².